The third kappa shape index (κ3) is 3.90. The molecule has 1 aromatic carbocycles. The molecule has 1 aromatic heterocycles. The molecule has 2 aromatic rings. The Hall–Kier alpha value is -1.56. The lowest BCUT2D eigenvalue weighted by molar-refractivity contribution is 0.0764. The summed E-state index contributed by atoms with van der Waals surface area (Å²) in [6, 6.07) is 5.56. The number of aliphatic hydroxyl groups is 1. The van der Waals surface area contributed by atoms with Crippen LogP contribution in [0.25, 0.3) is 11.0 Å². The Bertz CT molecular complexity index is 813. The van der Waals surface area contributed by atoms with Gasteiger partial charge in [-0.2, -0.15) is 0 Å². The fourth-order valence-corrected chi connectivity index (χ4v) is 4.08. The Morgan fingerprint density at radius 1 is 1.12 bits per heavy atom. The van der Waals surface area contributed by atoms with Gasteiger partial charge in [0.15, 0.2) is 0 Å². The summed E-state index contributed by atoms with van der Waals surface area (Å²) in [5, 5.41) is 11.2. The van der Waals surface area contributed by atoms with Crippen molar-refractivity contribution in [2.45, 2.75) is 44.6 Å². The molecular weight excluding hydrogens is 354 g/mol. The Kier molecular flexibility index (Phi) is 6.22. The van der Waals surface area contributed by atoms with Crippen molar-refractivity contribution in [3.05, 3.63) is 39.7 Å². The first-order valence-electron chi connectivity index (χ1n) is 9.33. The van der Waals surface area contributed by atoms with Crippen LogP contribution in [0.4, 0.5) is 0 Å². The smallest absolute Gasteiger partial charge is 0.339 e. The highest BCUT2D eigenvalue weighted by atomic mass is 35.5. The summed E-state index contributed by atoms with van der Waals surface area (Å²) in [5.74, 6) is 0.708. The van der Waals surface area contributed by atoms with E-state index in [0.29, 0.717) is 17.9 Å². The SMILES string of the molecule is Cl.O=c1oc2cccc(OCC(O)CN3CCCC3)c2c2c1CCCC2. The van der Waals surface area contributed by atoms with Gasteiger partial charge in [0.2, 0.25) is 0 Å². The highest BCUT2D eigenvalue weighted by molar-refractivity contribution is 5.88. The van der Waals surface area contributed by atoms with E-state index in [4.69, 9.17) is 9.15 Å². The standard InChI is InChI=1S/C20H25NO4.ClH/c22-14(12-21-10-3-4-11-21)13-24-17-8-5-9-18-19(17)15-6-1-2-7-16(15)20(23)25-18;/h5,8-9,14,22H,1-4,6-7,10-13H2;1H. The van der Waals surface area contributed by atoms with Gasteiger partial charge in [-0.15, -0.1) is 12.4 Å². The van der Waals surface area contributed by atoms with Crippen molar-refractivity contribution in [1.29, 1.82) is 0 Å². The zero-order valence-corrected chi connectivity index (χ0v) is 15.7. The molecule has 0 amide bonds. The highest BCUT2D eigenvalue weighted by Gasteiger charge is 2.21. The molecule has 1 unspecified atom stereocenters. The van der Waals surface area contributed by atoms with Gasteiger partial charge in [-0.25, -0.2) is 4.79 Å². The van der Waals surface area contributed by atoms with E-state index in [1.807, 2.05) is 18.2 Å². The van der Waals surface area contributed by atoms with E-state index >= 15 is 0 Å². The van der Waals surface area contributed by atoms with Crippen molar-refractivity contribution in [2.75, 3.05) is 26.2 Å². The second kappa shape index (κ2) is 8.42. The van der Waals surface area contributed by atoms with Gasteiger partial charge in [-0.3, -0.25) is 0 Å². The number of fused-ring (bicyclic) bond motifs is 3. The quantitative estimate of drug-likeness (QED) is 0.809. The van der Waals surface area contributed by atoms with Crippen molar-refractivity contribution in [3.8, 4) is 5.75 Å². The Morgan fingerprint density at radius 3 is 2.62 bits per heavy atom. The number of hydrogen-bond acceptors (Lipinski definition) is 5. The summed E-state index contributed by atoms with van der Waals surface area (Å²) in [4.78, 5) is 14.5. The van der Waals surface area contributed by atoms with Crippen LogP contribution in [0.5, 0.6) is 5.75 Å². The summed E-state index contributed by atoms with van der Waals surface area (Å²) in [7, 11) is 0. The predicted molar refractivity (Wildman–Crippen MR) is 104 cm³/mol. The van der Waals surface area contributed by atoms with Crippen molar-refractivity contribution < 1.29 is 14.3 Å². The second-order valence-electron chi connectivity index (χ2n) is 7.16. The molecule has 2 heterocycles. The number of β-amino-alcohol motifs (C(OH)–C–C–N with tert-alkyl or cyclic N) is 1. The number of halogens is 1. The minimum absolute atomic E-state index is 0. The van der Waals surface area contributed by atoms with Crippen molar-refractivity contribution in [2.24, 2.45) is 0 Å². The number of likely N-dealkylation sites (tertiary alicyclic amines) is 1. The summed E-state index contributed by atoms with van der Waals surface area (Å²) in [5.41, 5.74) is 2.24. The number of rotatable bonds is 5. The molecular formula is C20H26ClNO4. The van der Waals surface area contributed by atoms with Crippen LogP contribution in [0.3, 0.4) is 0 Å². The molecule has 6 heteroatoms. The average molecular weight is 380 g/mol. The number of hydrogen-bond donors (Lipinski definition) is 1. The molecule has 1 saturated heterocycles. The van der Waals surface area contributed by atoms with Crippen LogP contribution >= 0.6 is 12.4 Å². The van der Waals surface area contributed by atoms with Crippen LogP contribution in [0.1, 0.15) is 36.8 Å². The number of aryl methyl sites for hydroxylation is 1. The molecule has 5 nitrogen and oxygen atoms in total. The van der Waals surface area contributed by atoms with Crippen LogP contribution < -0.4 is 10.4 Å². The van der Waals surface area contributed by atoms with Gasteiger partial charge in [0, 0.05) is 12.1 Å². The van der Waals surface area contributed by atoms with E-state index in [1.165, 1.54) is 12.8 Å². The van der Waals surface area contributed by atoms with Crippen LogP contribution in [0.15, 0.2) is 27.4 Å². The van der Waals surface area contributed by atoms with E-state index in [9.17, 15) is 9.90 Å². The lowest BCUT2D eigenvalue weighted by atomic mass is 9.90. The summed E-state index contributed by atoms with van der Waals surface area (Å²) in [6.45, 7) is 3.02. The summed E-state index contributed by atoms with van der Waals surface area (Å²) >= 11 is 0. The minimum atomic E-state index is -0.514. The fourth-order valence-electron chi connectivity index (χ4n) is 4.08. The third-order valence-electron chi connectivity index (χ3n) is 5.31. The van der Waals surface area contributed by atoms with Gasteiger partial charge in [0.05, 0.1) is 5.39 Å². The Balaban J connectivity index is 0.00000196. The summed E-state index contributed by atoms with van der Waals surface area (Å²) < 4.78 is 11.5. The molecule has 1 N–H and O–H groups in total. The predicted octanol–water partition coefficient (Wildman–Crippen LogP) is 2.93. The molecule has 26 heavy (non-hydrogen) atoms. The van der Waals surface area contributed by atoms with Gasteiger partial charge in [-0.05, 0) is 69.3 Å². The van der Waals surface area contributed by atoms with Gasteiger partial charge < -0.3 is 19.2 Å². The molecule has 0 saturated carbocycles. The number of nitrogens with zero attached hydrogens (tertiary/aromatic N) is 1. The third-order valence-corrected chi connectivity index (χ3v) is 5.31. The Morgan fingerprint density at radius 2 is 1.85 bits per heavy atom. The molecule has 0 radical (unpaired) electrons. The topological polar surface area (TPSA) is 62.9 Å². The molecule has 0 spiro atoms. The van der Waals surface area contributed by atoms with E-state index < -0.39 is 6.10 Å². The maximum absolute atomic E-state index is 12.2. The lowest BCUT2D eigenvalue weighted by Crippen LogP contribution is -2.33. The van der Waals surface area contributed by atoms with Gasteiger partial charge in [0.25, 0.3) is 0 Å². The van der Waals surface area contributed by atoms with Gasteiger partial charge in [-0.1, -0.05) is 6.07 Å². The van der Waals surface area contributed by atoms with E-state index in [1.54, 1.807) is 0 Å². The maximum Gasteiger partial charge on any atom is 0.339 e. The van der Waals surface area contributed by atoms with Crippen LogP contribution in [-0.4, -0.2) is 42.4 Å². The minimum Gasteiger partial charge on any atom is -0.490 e. The first-order chi connectivity index (χ1) is 12.2. The van der Waals surface area contributed by atoms with Crippen LogP contribution in [-0.2, 0) is 12.8 Å². The molecule has 2 aliphatic rings. The zero-order valence-electron chi connectivity index (χ0n) is 14.9. The second-order valence-corrected chi connectivity index (χ2v) is 7.16. The molecule has 4 rings (SSSR count). The van der Waals surface area contributed by atoms with E-state index in [-0.39, 0.29) is 24.6 Å². The van der Waals surface area contributed by atoms with Gasteiger partial charge >= 0.3 is 5.63 Å². The first-order valence-corrected chi connectivity index (χ1v) is 9.33. The zero-order chi connectivity index (χ0) is 17.2. The maximum atomic E-state index is 12.2. The molecule has 0 bridgehead atoms. The number of ether oxygens (including phenoxy) is 1. The van der Waals surface area contributed by atoms with E-state index in [2.05, 4.69) is 4.90 Å². The Labute approximate surface area is 159 Å². The van der Waals surface area contributed by atoms with Crippen molar-refractivity contribution in [3.63, 3.8) is 0 Å². The van der Waals surface area contributed by atoms with Crippen LogP contribution in [0.2, 0.25) is 0 Å². The average Bonchev–Trinajstić information content (AvgIpc) is 3.13. The largest absolute Gasteiger partial charge is 0.490 e. The van der Waals surface area contributed by atoms with Crippen molar-refractivity contribution >= 4 is 23.4 Å². The first kappa shape index (κ1) is 19.2. The molecule has 1 atom stereocenters. The van der Waals surface area contributed by atoms with Crippen LogP contribution in [0, 0.1) is 0 Å². The monoisotopic (exact) mass is 379 g/mol. The highest BCUT2D eigenvalue weighted by Crippen LogP contribution is 2.33. The summed E-state index contributed by atoms with van der Waals surface area (Å²) in [6.07, 6.45) is 5.68. The lowest BCUT2D eigenvalue weighted by Gasteiger charge is -2.21. The van der Waals surface area contributed by atoms with E-state index in [0.717, 1.165) is 55.3 Å². The molecule has 1 fully saturated rings. The molecule has 1 aliphatic heterocycles. The van der Waals surface area contributed by atoms with Crippen molar-refractivity contribution in [1.82, 2.24) is 4.90 Å². The fraction of sp³-hybridized carbons (Fsp3) is 0.550. The molecule has 1 aliphatic carbocycles. The number of benzene rings is 1. The normalized spacial score (nSPS) is 18.3. The number of aliphatic hydroxyl groups excluding tert-OH is 1. The van der Waals surface area contributed by atoms with Gasteiger partial charge in [0.1, 0.15) is 24.0 Å². The molecule has 142 valence electrons.